The largest absolute Gasteiger partial charge is 0.379 e. The average Bonchev–Trinajstić information content (AvgIpc) is 3.27. The molecule has 0 aromatic carbocycles. The van der Waals surface area contributed by atoms with Crippen molar-refractivity contribution in [2.24, 2.45) is 10.9 Å². The Morgan fingerprint density at radius 2 is 1.90 bits per heavy atom. The first-order valence-electron chi connectivity index (χ1n) is 7.97. The highest BCUT2D eigenvalue weighted by atomic mass is 127. The zero-order valence-electron chi connectivity index (χ0n) is 13.7. The van der Waals surface area contributed by atoms with Crippen LogP contribution < -0.4 is 10.6 Å². The van der Waals surface area contributed by atoms with Gasteiger partial charge in [0.1, 0.15) is 0 Å². The summed E-state index contributed by atoms with van der Waals surface area (Å²) in [5.74, 6) is 1.83. The van der Waals surface area contributed by atoms with E-state index in [0.717, 1.165) is 57.8 Å². The first-order chi connectivity index (χ1) is 9.62. The van der Waals surface area contributed by atoms with Crippen LogP contribution in [0.4, 0.5) is 0 Å². The minimum atomic E-state index is 0. The molecule has 2 aliphatic rings. The lowest BCUT2D eigenvalue weighted by Crippen LogP contribution is -2.52. The summed E-state index contributed by atoms with van der Waals surface area (Å²) in [4.78, 5) is 7.25. The lowest BCUT2D eigenvalue weighted by molar-refractivity contribution is -0.00683. The Balaban J connectivity index is 0.00000220. The normalized spacial score (nSPS) is 20.8. The van der Waals surface area contributed by atoms with Crippen molar-refractivity contribution in [1.82, 2.24) is 15.5 Å². The van der Waals surface area contributed by atoms with E-state index in [1.165, 1.54) is 12.8 Å². The fourth-order valence-corrected chi connectivity index (χ4v) is 2.45. The van der Waals surface area contributed by atoms with Gasteiger partial charge in [0.15, 0.2) is 5.96 Å². The predicted octanol–water partition coefficient (Wildman–Crippen LogP) is 1.68. The molecule has 1 saturated heterocycles. The Labute approximate surface area is 146 Å². The SMILES string of the molecule is CCNC(=NCC(C)(C)N1CCOCC1)NCC1CC1.I. The van der Waals surface area contributed by atoms with Crippen LogP contribution in [0, 0.1) is 5.92 Å². The summed E-state index contributed by atoms with van der Waals surface area (Å²) < 4.78 is 5.43. The Bertz CT molecular complexity index is 326. The van der Waals surface area contributed by atoms with Crippen LogP contribution in [0.2, 0.25) is 0 Å². The highest BCUT2D eigenvalue weighted by molar-refractivity contribution is 14.0. The number of ether oxygens (including phenoxy) is 1. The number of rotatable bonds is 6. The molecule has 0 unspecified atom stereocenters. The van der Waals surface area contributed by atoms with Crippen molar-refractivity contribution in [3.8, 4) is 0 Å². The highest BCUT2D eigenvalue weighted by Crippen LogP contribution is 2.27. The van der Waals surface area contributed by atoms with Crippen LogP contribution in [0.5, 0.6) is 0 Å². The molecule has 5 nitrogen and oxygen atoms in total. The zero-order chi connectivity index (χ0) is 14.4. The Hall–Kier alpha value is -0.0800. The van der Waals surface area contributed by atoms with Crippen molar-refractivity contribution < 1.29 is 4.74 Å². The van der Waals surface area contributed by atoms with Crippen molar-refractivity contribution in [2.75, 3.05) is 45.9 Å². The molecule has 0 radical (unpaired) electrons. The number of guanidine groups is 1. The Morgan fingerprint density at radius 3 is 2.48 bits per heavy atom. The molecular formula is C15H31IN4O. The molecule has 2 N–H and O–H groups in total. The van der Waals surface area contributed by atoms with Crippen LogP contribution in [-0.4, -0.2) is 62.3 Å². The summed E-state index contributed by atoms with van der Waals surface area (Å²) >= 11 is 0. The van der Waals surface area contributed by atoms with Crippen LogP contribution in [0.25, 0.3) is 0 Å². The molecule has 0 aromatic heterocycles. The summed E-state index contributed by atoms with van der Waals surface area (Å²) in [6.45, 7) is 13.1. The van der Waals surface area contributed by atoms with E-state index in [4.69, 9.17) is 9.73 Å². The smallest absolute Gasteiger partial charge is 0.191 e. The second-order valence-electron chi connectivity index (χ2n) is 6.43. The number of hydrogen-bond donors (Lipinski definition) is 2. The maximum atomic E-state index is 5.43. The van der Waals surface area contributed by atoms with Crippen LogP contribution in [0.1, 0.15) is 33.6 Å². The van der Waals surface area contributed by atoms with Gasteiger partial charge in [-0.2, -0.15) is 0 Å². The average molecular weight is 410 g/mol. The van der Waals surface area contributed by atoms with Crippen molar-refractivity contribution >= 4 is 29.9 Å². The molecule has 0 spiro atoms. The maximum Gasteiger partial charge on any atom is 0.191 e. The van der Waals surface area contributed by atoms with Gasteiger partial charge in [0, 0.05) is 31.7 Å². The standard InChI is InChI=1S/C15H30N4O.HI/c1-4-16-14(17-11-13-5-6-13)18-12-15(2,3)19-7-9-20-10-8-19;/h13H,4-12H2,1-3H3,(H2,16,17,18);1H. The summed E-state index contributed by atoms with van der Waals surface area (Å²) in [6, 6.07) is 0. The molecule has 2 rings (SSSR count). The van der Waals surface area contributed by atoms with Gasteiger partial charge in [0.05, 0.1) is 19.8 Å². The number of nitrogens with one attached hydrogen (secondary N) is 2. The second-order valence-corrected chi connectivity index (χ2v) is 6.43. The van der Waals surface area contributed by atoms with E-state index < -0.39 is 0 Å². The third-order valence-electron chi connectivity index (χ3n) is 4.09. The van der Waals surface area contributed by atoms with Gasteiger partial charge in [-0.05, 0) is 39.5 Å². The molecule has 6 heteroatoms. The van der Waals surface area contributed by atoms with Crippen LogP contribution in [-0.2, 0) is 4.74 Å². The molecule has 0 aromatic rings. The summed E-state index contributed by atoms with van der Waals surface area (Å²) in [5.41, 5.74) is 0.0890. The van der Waals surface area contributed by atoms with Crippen LogP contribution in [0.15, 0.2) is 4.99 Å². The van der Waals surface area contributed by atoms with Crippen molar-refractivity contribution in [3.05, 3.63) is 0 Å². The maximum absolute atomic E-state index is 5.43. The molecule has 1 aliphatic heterocycles. The minimum absolute atomic E-state index is 0. The second kappa shape index (κ2) is 9.15. The van der Waals surface area contributed by atoms with Gasteiger partial charge in [-0.25, -0.2) is 0 Å². The van der Waals surface area contributed by atoms with Gasteiger partial charge in [-0.1, -0.05) is 0 Å². The first kappa shape index (κ1) is 19.0. The van der Waals surface area contributed by atoms with E-state index in [2.05, 4.69) is 36.3 Å². The molecule has 0 bridgehead atoms. The summed E-state index contributed by atoms with van der Waals surface area (Å²) in [6.07, 6.45) is 2.73. The third kappa shape index (κ3) is 6.69. The molecular weight excluding hydrogens is 379 g/mol. The van der Waals surface area contributed by atoms with E-state index in [9.17, 15) is 0 Å². The lowest BCUT2D eigenvalue weighted by atomic mass is 10.0. The summed E-state index contributed by atoms with van der Waals surface area (Å²) in [5, 5.41) is 6.79. The van der Waals surface area contributed by atoms with Crippen molar-refractivity contribution in [3.63, 3.8) is 0 Å². The molecule has 1 saturated carbocycles. The quantitative estimate of drug-likeness (QED) is 0.398. The first-order valence-corrected chi connectivity index (χ1v) is 7.97. The van der Waals surface area contributed by atoms with Gasteiger partial charge in [-0.15, -0.1) is 24.0 Å². The highest BCUT2D eigenvalue weighted by Gasteiger charge is 2.28. The number of hydrogen-bond acceptors (Lipinski definition) is 3. The van der Waals surface area contributed by atoms with E-state index in [-0.39, 0.29) is 29.5 Å². The van der Waals surface area contributed by atoms with Crippen molar-refractivity contribution in [1.29, 1.82) is 0 Å². The molecule has 124 valence electrons. The molecule has 1 aliphatic carbocycles. The van der Waals surface area contributed by atoms with Gasteiger partial charge in [-0.3, -0.25) is 9.89 Å². The number of morpholine rings is 1. The van der Waals surface area contributed by atoms with Gasteiger partial charge >= 0.3 is 0 Å². The van der Waals surface area contributed by atoms with E-state index in [1.54, 1.807) is 0 Å². The predicted molar refractivity (Wildman–Crippen MR) is 98.6 cm³/mol. The topological polar surface area (TPSA) is 48.9 Å². The van der Waals surface area contributed by atoms with E-state index >= 15 is 0 Å². The number of halogens is 1. The van der Waals surface area contributed by atoms with Gasteiger partial charge in [0.2, 0.25) is 0 Å². The fraction of sp³-hybridized carbons (Fsp3) is 0.933. The van der Waals surface area contributed by atoms with Crippen molar-refractivity contribution in [2.45, 2.75) is 39.2 Å². The van der Waals surface area contributed by atoms with E-state index in [1.807, 2.05) is 0 Å². The molecule has 0 amide bonds. The van der Waals surface area contributed by atoms with Gasteiger partial charge in [0.25, 0.3) is 0 Å². The third-order valence-corrected chi connectivity index (χ3v) is 4.09. The molecule has 2 fully saturated rings. The lowest BCUT2D eigenvalue weighted by Gasteiger charge is -2.39. The monoisotopic (exact) mass is 410 g/mol. The van der Waals surface area contributed by atoms with E-state index in [0.29, 0.717) is 0 Å². The summed E-state index contributed by atoms with van der Waals surface area (Å²) in [7, 11) is 0. The Kier molecular flexibility index (Phi) is 8.26. The Morgan fingerprint density at radius 1 is 1.24 bits per heavy atom. The van der Waals surface area contributed by atoms with Crippen LogP contribution >= 0.6 is 24.0 Å². The fourth-order valence-electron chi connectivity index (χ4n) is 2.45. The minimum Gasteiger partial charge on any atom is -0.379 e. The number of aliphatic imine (C=N–C) groups is 1. The van der Waals surface area contributed by atoms with Crippen LogP contribution in [0.3, 0.4) is 0 Å². The molecule has 0 atom stereocenters. The molecule has 21 heavy (non-hydrogen) atoms. The van der Waals surface area contributed by atoms with Gasteiger partial charge < -0.3 is 15.4 Å². The zero-order valence-corrected chi connectivity index (χ0v) is 16.0. The number of nitrogens with zero attached hydrogens (tertiary/aromatic N) is 2. The molecule has 1 heterocycles.